The molecule has 0 aliphatic rings. The van der Waals surface area contributed by atoms with Crippen molar-refractivity contribution in [1.82, 2.24) is 0 Å². The molecule has 0 saturated heterocycles. The zero-order chi connectivity index (χ0) is 15.1. The summed E-state index contributed by atoms with van der Waals surface area (Å²) in [4.78, 5) is 0. The summed E-state index contributed by atoms with van der Waals surface area (Å²) in [6.45, 7) is 2.87. The van der Waals surface area contributed by atoms with Crippen molar-refractivity contribution in [3.8, 4) is 17.6 Å². The summed E-state index contributed by atoms with van der Waals surface area (Å²) in [5, 5.41) is 9.26. The highest BCUT2D eigenvalue weighted by Crippen LogP contribution is 2.22. The molecule has 0 aromatic heterocycles. The summed E-state index contributed by atoms with van der Waals surface area (Å²) in [6, 6.07) is 15.2. The average molecular weight is 302 g/mol. The highest BCUT2D eigenvalue weighted by Gasteiger charge is 2.01. The van der Waals surface area contributed by atoms with Gasteiger partial charge in [-0.2, -0.15) is 5.26 Å². The number of nitriles is 1. The summed E-state index contributed by atoms with van der Waals surface area (Å²) < 4.78 is 11.2. The van der Waals surface area contributed by atoms with E-state index in [4.69, 9.17) is 26.3 Å². The maximum atomic E-state index is 8.61. The largest absolute Gasteiger partial charge is 0.490 e. The first kappa shape index (κ1) is 15.2. The first-order chi connectivity index (χ1) is 10.2. The third-order valence-corrected chi connectivity index (χ3v) is 3.20. The third kappa shape index (κ3) is 4.70. The third-order valence-electron chi connectivity index (χ3n) is 2.97. The number of ether oxygens (including phenoxy) is 2. The Labute approximate surface area is 129 Å². The van der Waals surface area contributed by atoms with Crippen LogP contribution in [0.2, 0.25) is 5.02 Å². The lowest BCUT2D eigenvalue weighted by Crippen LogP contribution is -2.09. The van der Waals surface area contributed by atoms with Crippen molar-refractivity contribution in [2.75, 3.05) is 13.2 Å². The van der Waals surface area contributed by atoms with E-state index >= 15 is 0 Å². The summed E-state index contributed by atoms with van der Waals surface area (Å²) >= 11 is 5.93. The van der Waals surface area contributed by atoms with Crippen LogP contribution in [0.5, 0.6) is 11.5 Å². The van der Waals surface area contributed by atoms with E-state index in [-0.39, 0.29) is 0 Å². The quantitative estimate of drug-likeness (QED) is 0.752. The highest BCUT2D eigenvalue weighted by molar-refractivity contribution is 6.30. The highest BCUT2D eigenvalue weighted by atomic mass is 35.5. The normalized spacial score (nSPS) is 9.95. The Kier molecular flexibility index (Phi) is 5.48. The second kappa shape index (κ2) is 7.56. The molecule has 2 aromatic carbocycles. The van der Waals surface area contributed by atoms with E-state index in [0.717, 1.165) is 22.6 Å². The van der Waals surface area contributed by atoms with Crippen LogP contribution in [0, 0.1) is 18.3 Å². The van der Waals surface area contributed by atoms with Crippen LogP contribution in [0.4, 0.5) is 0 Å². The number of rotatable bonds is 6. The Balaban J connectivity index is 1.79. The average Bonchev–Trinajstić information content (AvgIpc) is 2.49. The lowest BCUT2D eigenvalue weighted by molar-refractivity contribution is 0.216. The van der Waals surface area contributed by atoms with Gasteiger partial charge in [0.15, 0.2) is 0 Å². The monoisotopic (exact) mass is 301 g/mol. The second-order valence-corrected chi connectivity index (χ2v) is 5.02. The summed E-state index contributed by atoms with van der Waals surface area (Å²) in [6.07, 6.45) is 0.414. The van der Waals surface area contributed by atoms with Gasteiger partial charge >= 0.3 is 0 Å². The molecule has 0 aliphatic carbocycles. The smallest absolute Gasteiger partial charge is 0.123 e. The van der Waals surface area contributed by atoms with Gasteiger partial charge in [-0.1, -0.05) is 29.8 Å². The molecule has 0 bridgehead atoms. The van der Waals surface area contributed by atoms with E-state index in [1.807, 2.05) is 43.3 Å². The zero-order valence-corrected chi connectivity index (χ0v) is 12.6. The van der Waals surface area contributed by atoms with Gasteiger partial charge in [0.05, 0.1) is 12.5 Å². The molecule has 2 rings (SSSR count). The van der Waals surface area contributed by atoms with E-state index in [2.05, 4.69) is 6.07 Å². The molecular weight excluding hydrogens is 286 g/mol. The molecule has 0 amide bonds. The van der Waals surface area contributed by atoms with Gasteiger partial charge in [-0.15, -0.1) is 0 Å². The number of nitrogens with zero attached hydrogens (tertiary/aromatic N) is 1. The van der Waals surface area contributed by atoms with Crippen molar-refractivity contribution in [3.63, 3.8) is 0 Å². The van der Waals surface area contributed by atoms with Gasteiger partial charge in [0.2, 0.25) is 0 Å². The molecule has 0 fully saturated rings. The fourth-order valence-corrected chi connectivity index (χ4v) is 2.00. The molecule has 0 spiro atoms. The van der Waals surface area contributed by atoms with Crippen LogP contribution in [0.25, 0.3) is 0 Å². The van der Waals surface area contributed by atoms with E-state index in [0.29, 0.717) is 24.7 Å². The summed E-state index contributed by atoms with van der Waals surface area (Å²) in [5.74, 6) is 1.54. The number of hydrogen-bond donors (Lipinski definition) is 0. The molecule has 3 nitrogen and oxygen atoms in total. The number of halogens is 1. The Bertz CT molecular complexity index is 632. The molecule has 0 heterocycles. The number of hydrogen-bond acceptors (Lipinski definition) is 3. The molecule has 2 aromatic rings. The maximum Gasteiger partial charge on any atom is 0.123 e. The van der Waals surface area contributed by atoms with Gasteiger partial charge in [-0.05, 0) is 42.3 Å². The van der Waals surface area contributed by atoms with E-state index < -0.39 is 0 Å². The fraction of sp³-hybridized carbons (Fsp3) is 0.235. The van der Waals surface area contributed by atoms with Crippen molar-refractivity contribution >= 4 is 11.6 Å². The molecule has 0 radical (unpaired) electrons. The zero-order valence-electron chi connectivity index (χ0n) is 11.8. The molecule has 0 N–H and O–H groups in total. The van der Waals surface area contributed by atoms with Crippen LogP contribution in [-0.2, 0) is 6.42 Å². The van der Waals surface area contributed by atoms with E-state index in [9.17, 15) is 0 Å². The van der Waals surface area contributed by atoms with Gasteiger partial charge in [0.25, 0.3) is 0 Å². The number of aryl methyl sites for hydroxylation is 1. The first-order valence-corrected chi connectivity index (χ1v) is 7.04. The van der Waals surface area contributed by atoms with Crippen LogP contribution in [0.1, 0.15) is 11.1 Å². The standard InChI is InChI=1S/C17H16ClNO2/c1-13-2-5-15(18)12-17(13)21-11-10-20-16-6-3-14(4-7-16)8-9-19/h2-7,12H,8,10-11H2,1H3. The number of benzene rings is 2. The molecular formula is C17H16ClNO2. The molecule has 4 heteroatoms. The molecule has 0 aliphatic heterocycles. The minimum atomic E-state index is 0.414. The lowest BCUT2D eigenvalue weighted by atomic mass is 10.2. The minimum absolute atomic E-state index is 0.414. The first-order valence-electron chi connectivity index (χ1n) is 6.66. The van der Waals surface area contributed by atoms with Gasteiger partial charge in [0, 0.05) is 5.02 Å². The Morgan fingerprint density at radius 3 is 2.48 bits per heavy atom. The van der Waals surface area contributed by atoms with Gasteiger partial charge in [-0.3, -0.25) is 0 Å². The lowest BCUT2D eigenvalue weighted by Gasteiger charge is -2.10. The Morgan fingerprint density at radius 1 is 1.05 bits per heavy atom. The van der Waals surface area contributed by atoms with Crippen LogP contribution in [0.3, 0.4) is 0 Å². The second-order valence-electron chi connectivity index (χ2n) is 4.59. The van der Waals surface area contributed by atoms with Crippen molar-refractivity contribution in [2.24, 2.45) is 0 Å². The predicted molar refractivity (Wildman–Crippen MR) is 82.9 cm³/mol. The molecule has 108 valence electrons. The molecule has 21 heavy (non-hydrogen) atoms. The van der Waals surface area contributed by atoms with Crippen LogP contribution in [0.15, 0.2) is 42.5 Å². The fourth-order valence-electron chi connectivity index (χ4n) is 1.84. The van der Waals surface area contributed by atoms with Gasteiger partial charge < -0.3 is 9.47 Å². The van der Waals surface area contributed by atoms with Crippen molar-refractivity contribution < 1.29 is 9.47 Å². The molecule has 0 atom stereocenters. The van der Waals surface area contributed by atoms with Crippen LogP contribution in [-0.4, -0.2) is 13.2 Å². The summed E-state index contributed by atoms with van der Waals surface area (Å²) in [5.41, 5.74) is 2.02. The topological polar surface area (TPSA) is 42.2 Å². The Hall–Kier alpha value is -2.18. The van der Waals surface area contributed by atoms with Crippen LogP contribution < -0.4 is 9.47 Å². The molecule has 0 unspecified atom stereocenters. The van der Waals surface area contributed by atoms with Gasteiger partial charge in [0.1, 0.15) is 24.7 Å². The van der Waals surface area contributed by atoms with Crippen molar-refractivity contribution in [2.45, 2.75) is 13.3 Å². The molecule has 0 saturated carbocycles. The van der Waals surface area contributed by atoms with Crippen molar-refractivity contribution in [3.05, 3.63) is 58.6 Å². The van der Waals surface area contributed by atoms with Crippen LogP contribution >= 0.6 is 11.6 Å². The van der Waals surface area contributed by atoms with E-state index in [1.54, 1.807) is 6.07 Å². The Morgan fingerprint density at radius 2 is 1.76 bits per heavy atom. The van der Waals surface area contributed by atoms with Crippen molar-refractivity contribution in [1.29, 1.82) is 5.26 Å². The SMILES string of the molecule is Cc1ccc(Cl)cc1OCCOc1ccc(CC#N)cc1. The maximum absolute atomic E-state index is 8.61. The predicted octanol–water partition coefficient (Wildman–Crippen LogP) is 4.17. The summed E-state index contributed by atoms with van der Waals surface area (Å²) in [7, 11) is 0. The minimum Gasteiger partial charge on any atom is -0.490 e. The van der Waals surface area contributed by atoms with Gasteiger partial charge in [-0.25, -0.2) is 0 Å². The van der Waals surface area contributed by atoms with E-state index in [1.165, 1.54) is 0 Å².